The molecule has 2 heterocycles. The molecule has 2 rings (SSSR count). The highest BCUT2D eigenvalue weighted by Gasteiger charge is 2.08. The van der Waals surface area contributed by atoms with Gasteiger partial charge >= 0.3 is 11.9 Å². The van der Waals surface area contributed by atoms with Crippen LogP contribution in [0, 0.1) is 0 Å². The van der Waals surface area contributed by atoms with E-state index in [0.717, 1.165) is 11.1 Å². The quantitative estimate of drug-likeness (QED) is 0.533. The van der Waals surface area contributed by atoms with Gasteiger partial charge in [0.1, 0.15) is 0 Å². The summed E-state index contributed by atoms with van der Waals surface area (Å²) in [6.07, 6.45) is 5.67. The highest BCUT2D eigenvalue weighted by atomic mass is 32.1. The van der Waals surface area contributed by atoms with Crippen molar-refractivity contribution in [2.45, 2.75) is 0 Å². The van der Waals surface area contributed by atoms with Crippen molar-refractivity contribution in [1.29, 1.82) is 0 Å². The molecule has 0 amide bonds. The van der Waals surface area contributed by atoms with Crippen LogP contribution in [0.3, 0.4) is 0 Å². The fourth-order valence-electron chi connectivity index (χ4n) is 1.51. The maximum atomic E-state index is 11.5. The predicted octanol–water partition coefficient (Wildman–Crippen LogP) is 3.19. The molecule has 0 saturated carbocycles. The summed E-state index contributed by atoms with van der Waals surface area (Å²) in [7, 11) is 0. The molecule has 7 heteroatoms. The minimum Gasteiger partial charge on any atom is -0.454 e. The molecule has 0 fully saturated rings. The Morgan fingerprint density at radius 1 is 0.833 bits per heavy atom. The number of carbonyl (C=O) groups is 3. The highest BCUT2D eigenvalue weighted by molar-refractivity contribution is 7.08. The van der Waals surface area contributed by atoms with Crippen molar-refractivity contribution in [2.24, 2.45) is 0 Å². The monoisotopic (exact) mass is 362 g/mol. The van der Waals surface area contributed by atoms with Gasteiger partial charge < -0.3 is 9.47 Å². The summed E-state index contributed by atoms with van der Waals surface area (Å²) < 4.78 is 9.55. The molecule has 2 aromatic heterocycles. The summed E-state index contributed by atoms with van der Waals surface area (Å²) in [5.74, 6) is -1.75. The molecular weight excluding hydrogens is 348 g/mol. The van der Waals surface area contributed by atoms with E-state index in [1.54, 1.807) is 12.2 Å². The molecular formula is C17H14O5S2. The molecule has 0 aliphatic heterocycles. The van der Waals surface area contributed by atoms with Crippen molar-refractivity contribution in [2.75, 3.05) is 13.2 Å². The number of ketones is 1. The molecule has 24 heavy (non-hydrogen) atoms. The fourth-order valence-corrected chi connectivity index (χ4v) is 2.77. The third-order valence-electron chi connectivity index (χ3n) is 2.66. The van der Waals surface area contributed by atoms with E-state index in [2.05, 4.69) is 0 Å². The standard InChI is InChI=1S/C17H14O5S2/c18-15(9-21-16(19)3-1-13-5-7-23-11-13)10-22-17(20)4-2-14-6-8-24-12-14/h1-8,11-12H,9-10H2/b3-1+,4-2+. The molecule has 0 radical (unpaired) electrons. The van der Waals surface area contributed by atoms with Crippen molar-refractivity contribution < 1.29 is 23.9 Å². The lowest BCUT2D eigenvalue weighted by molar-refractivity contribution is -0.148. The molecule has 0 aliphatic rings. The zero-order valence-corrected chi connectivity index (χ0v) is 14.2. The number of hydrogen-bond acceptors (Lipinski definition) is 7. The zero-order chi connectivity index (χ0) is 17.2. The summed E-state index contributed by atoms with van der Waals surface area (Å²) in [6, 6.07) is 3.70. The Labute approximate surface area is 146 Å². The molecule has 124 valence electrons. The lowest BCUT2D eigenvalue weighted by Gasteiger charge is -2.02. The number of hydrogen-bond donors (Lipinski definition) is 0. The normalized spacial score (nSPS) is 11.0. The van der Waals surface area contributed by atoms with E-state index >= 15 is 0 Å². The highest BCUT2D eigenvalue weighted by Crippen LogP contribution is 2.08. The SMILES string of the molecule is O=C(COC(=O)/C=C/c1ccsc1)COC(=O)/C=C/c1ccsc1. The van der Waals surface area contributed by atoms with Crippen LogP contribution in [0.2, 0.25) is 0 Å². The lowest BCUT2D eigenvalue weighted by atomic mass is 10.3. The first kappa shape index (κ1) is 17.8. The van der Waals surface area contributed by atoms with Gasteiger partial charge in [0.05, 0.1) is 0 Å². The smallest absolute Gasteiger partial charge is 0.331 e. The van der Waals surface area contributed by atoms with E-state index in [1.165, 1.54) is 34.8 Å². The van der Waals surface area contributed by atoms with Crippen LogP contribution in [0.5, 0.6) is 0 Å². The van der Waals surface area contributed by atoms with E-state index in [9.17, 15) is 14.4 Å². The van der Waals surface area contributed by atoms with Crippen molar-refractivity contribution in [3.05, 3.63) is 56.9 Å². The lowest BCUT2D eigenvalue weighted by Crippen LogP contribution is -2.19. The summed E-state index contributed by atoms with van der Waals surface area (Å²) in [4.78, 5) is 34.4. The van der Waals surface area contributed by atoms with Gasteiger partial charge in [-0.2, -0.15) is 22.7 Å². The van der Waals surface area contributed by atoms with Crippen LogP contribution in [-0.2, 0) is 23.9 Å². The van der Waals surface area contributed by atoms with Crippen LogP contribution < -0.4 is 0 Å². The van der Waals surface area contributed by atoms with Gasteiger partial charge in [-0.3, -0.25) is 4.79 Å². The Balaban J connectivity index is 1.64. The molecule has 0 saturated heterocycles. The van der Waals surface area contributed by atoms with Crippen LogP contribution in [0.25, 0.3) is 12.2 Å². The average molecular weight is 362 g/mol. The van der Waals surface area contributed by atoms with Crippen molar-refractivity contribution in [3.8, 4) is 0 Å². The van der Waals surface area contributed by atoms with E-state index < -0.39 is 30.9 Å². The Morgan fingerprint density at radius 3 is 1.67 bits per heavy atom. The first-order valence-corrected chi connectivity index (χ1v) is 8.78. The molecule has 0 N–H and O–H groups in total. The molecule has 0 unspecified atom stereocenters. The summed E-state index contributed by atoms with van der Waals surface area (Å²) in [6.45, 7) is -0.872. The molecule has 5 nitrogen and oxygen atoms in total. The number of thiophene rings is 2. The topological polar surface area (TPSA) is 69.7 Å². The van der Waals surface area contributed by atoms with Gasteiger partial charge in [-0.15, -0.1) is 0 Å². The molecule has 0 bridgehead atoms. The van der Waals surface area contributed by atoms with Crippen LogP contribution in [-0.4, -0.2) is 30.9 Å². The van der Waals surface area contributed by atoms with Crippen molar-refractivity contribution in [1.82, 2.24) is 0 Å². The predicted molar refractivity (Wildman–Crippen MR) is 93.6 cm³/mol. The second-order valence-electron chi connectivity index (χ2n) is 4.53. The number of Topliss-reactive ketones (excluding diaryl/α,β-unsaturated/α-hetero) is 1. The summed E-state index contributed by atoms with van der Waals surface area (Å²) >= 11 is 3.02. The van der Waals surface area contributed by atoms with Gasteiger partial charge in [0.25, 0.3) is 0 Å². The summed E-state index contributed by atoms with van der Waals surface area (Å²) in [5.41, 5.74) is 1.77. The van der Waals surface area contributed by atoms with Crippen LogP contribution >= 0.6 is 22.7 Å². The first-order valence-electron chi connectivity index (χ1n) is 6.89. The Kier molecular flexibility index (Phi) is 7.13. The minimum absolute atomic E-state index is 0.436. The number of esters is 2. The third-order valence-corrected chi connectivity index (χ3v) is 4.06. The molecule has 0 atom stereocenters. The molecule has 0 aromatic carbocycles. The van der Waals surface area contributed by atoms with Crippen LogP contribution in [0.15, 0.2) is 45.8 Å². The first-order chi connectivity index (χ1) is 11.6. The van der Waals surface area contributed by atoms with Gasteiger partial charge in [0.15, 0.2) is 13.2 Å². The van der Waals surface area contributed by atoms with E-state index in [1.807, 2.05) is 33.7 Å². The third kappa shape index (κ3) is 6.72. The Hall–Kier alpha value is -2.51. The van der Waals surface area contributed by atoms with Gasteiger partial charge in [-0.1, -0.05) is 0 Å². The van der Waals surface area contributed by atoms with Gasteiger partial charge in [-0.05, 0) is 56.9 Å². The van der Waals surface area contributed by atoms with Crippen LogP contribution in [0.4, 0.5) is 0 Å². The maximum Gasteiger partial charge on any atom is 0.331 e. The number of carbonyl (C=O) groups excluding carboxylic acids is 3. The minimum atomic E-state index is -0.627. The van der Waals surface area contributed by atoms with Crippen LogP contribution in [0.1, 0.15) is 11.1 Å². The Bertz CT molecular complexity index is 665. The second kappa shape index (κ2) is 9.59. The van der Waals surface area contributed by atoms with Gasteiger partial charge in [0.2, 0.25) is 5.78 Å². The fraction of sp³-hybridized carbons (Fsp3) is 0.118. The maximum absolute atomic E-state index is 11.5. The van der Waals surface area contributed by atoms with Gasteiger partial charge in [0, 0.05) is 12.2 Å². The Morgan fingerprint density at radius 2 is 1.29 bits per heavy atom. The molecule has 0 spiro atoms. The second-order valence-corrected chi connectivity index (χ2v) is 6.09. The number of ether oxygens (including phenoxy) is 2. The zero-order valence-electron chi connectivity index (χ0n) is 12.5. The van der Waals surface area contributed by atoms with Gasteiger partial charge in [-0.25, -0.2) is 9.59 Å². The molecule has 2 aromatic rings. The average Bonchev–Trinajstić information content (AvgIpc) is 3.27. The number of rotatable bonds is 8. The van der Waals surface area contributed by atoms with Crippen molar-refractivity contribution in [3.63, 3.8) is 0 Å². The van der Waals surface area contributed by atoms with E-state index in [4.69, 9.17) is 9.47 Å². The van der Waals surface area contributed by atoms with E-state index in [-0.39, 0.29) is 0 Å². The molecule has 0 aliphatic carbocycles. The summed E-state index contributed by atoms with van der Waals surface area (Å²) in [5, 5.41) is 7.52. The largest absolute Gasteiger partial charge is 0.454 e. The van der Waals surface area contributed by atoms with Crippen molar-refractivity contribution >= 4 is 52.5 Å². The van der Waals surface area contributed by atoms with E-state index in [0.29, 0.717) is 0 Å².